The maximum atomic E-state index is 5.16. The second-order valence-corrected chi connectivity index (χ2v) is 4.92. The number of nitrogens with one attached hydrogen (secondary N) is 1. The largest absolute Gasteiger partial charge is 0.310 e. The molecule has 0 aliphatic rings. The number of hydrogen-bond donors (Lipinski definition) is 1. The summed E-state index contributed by atoms with van der Waals surface area (Å²) in [5.41, 5.74) is 1.09. The second-order valence-electron chi connectivity index (χ2n) is 3.81. The van der Waals surface area contributed by atoms with Crippen LogP contribution in [0.25, 0.3) is 0 Å². The van der Waals surface area contributed by atoms with Crippen molar-refractivity contribution in [2.75, 3.05) is 18.1 Å². The summed E-state index contributed by atoms with van der Waals surface area (Å²) >= 11 is 1.77. The van der Waals surface area contributed by atoms with Gasteiger partial charge in [-0.1, -0.05) is 5.92 Å². The molecule has 0 unspecified atom stereocenters. The Kier molecular flexibility index (Phi) is 6.05. The summed E-state index contributed by atoms with van der Waals surface area (Å²) in [6.07, 6.45) is 7.18. The highest BCUT2D eigenvalue weighted by Gasteiger charge is 2.00. The Balaban J connectivity index is 2.15. The molecule has 1 aromatic rings. The van der Waals surface area contributed by atoms with Gasteiger partial charge in [0.25, 0.3) is 0 Å². The molecular formula is C12H19N3S. The minimum Gasteiger partial charge on any atom is -0.310 e. The van der Waals surface area contributed by atoms with Gasteiger partial charge in [-0.3, -0.25) is 4.68 Å². The van der Waals surface area contributed by atoms with E-state index in [2.05, 4.69) is 36.2 Å². The van der Waals surface area contributed by atoms with Crippen molar-refractivity contribution in [2.45, 2.75) is 26.4 Å². The first-order valence-corrected chi connectivity index (χ1v) is 6.65. The highest BCUT2D eigenvalue weighted by molar-refractivity contribution is 7.99. The molecule has 1 heterocycles. The van der Waals surface area contributed by atoms with Crippen molar-refractivity contribution >= 4 is 11.8 Å². The van der Waals surface area contributed by atoms with E-state index in [0.717, 1.165) is 30.3 Å². The maximum Gasteiger partial charge on any atom is 0.0762 e. The van der Waals surface area contributed by atoms with Gasteiger partial charge in [-0.2, -0.15) is 5.10 Å². The minimum atomic E-state index is 0.430. The topological polar surface area (TPSA) is 29.9 Å². The number of rotatable bonds is 7. The van der Waals surface area contributed by atoms with Crippen molar-refractivity contribution in [1.29, 1.82) is 0 Å². The highest BCUT2D eigenvalue weighted by atomic mass is 32.2. The zero-order valence-corrected chi connectivity index (χ0v) is 10.8. The van der Waals surface area contributed by atoms with Crippen molar-refractivity contribution < 1.29 is 0 Å². The van der Waals surface area contributed by atoms with E-state index in [-0.39, 0.29) is 0 Å². The molecule has 1 aromatic heterocycles. The molecule has 0 fully saturated rings. The molecule has 1 N–H and O–H groups in total. The van der Waals surface area contributed by atoms with Crippen LogP contribution < -0.4 is 5.32 Å². The van der Waals surface area contributed by atoms with E-state index in [0.29, 0.717) is 6.04 Å². The number of aromatic nitrogens is 2. The Morgan fingerprint density at radius 3 is 3.06 bits per heavy atom. The lowest BCUT2D eigenvalue weighted by Gasteiger charge is -2.04. The molecule has 0 aromatic carbocycles. The molecular weight excluding hydrogens is 218 g/mol. The van der Waals surface area contributed by atoms with Gasteiger partial charge in [-0.15, -0.1) is 18.2 Å². The number of hydrogen-bond acceptors (Lipinski definition) is 3. The zero-order chi connectivity index (χ0) is 11.8. The van der Waals surface area contributed by atoms with Crippen LogP contribution in [0, 0.1) is 12.3 Å². The van der Waals surface area contributed by atoms with Crippen molar-refractivity contribution in [2.24, 2.45) is 0 Å². The predicted octanol–water partition coefficient (Wildman–Crippen LogP) is 1.92. The fourth-order valence-electron chi connectivity index (χ4n) is 1.25. The molecule has 1 rings (SSSR count). The monoisotopic (exact) mass is 237 g/mol. The van der Waals surface area contributed by atoms with Crippen molar-refractivity contribution in [3.05, 3.63) is 18.0 Å². The third-order valence-electron chi connectivity index (χ3n) is 2.11. The minimum absolute atomic E-state index is 0.430. The molecule has 0 radical (unpaired) electrons. The Morgan fingerprint density at radius 2 is 2.44 bits per heavy atom. The van der Waals surface area contributed by atoms with Gasteiger partial charge in [0.1, 0.15) is 0 Å². The quantitative estimate of drug-likeness (QED) is 0.580. The van der Waals surface area contributed by atoms with Gasteiger partial charge in [-0.25, -0.2) is 0 Å². The Hall–Kier alpha value is -0.920. The van der Waals surface area contributed by atoms with Gasteiger partial charge in [0.15, 0.2) is 0 Å². The first-order valence-electron chi connectivity index (χ1n) is 5.50. The van der Waals surface area contributed by atoms with E-state index in [1.54, 1.807) is 11.8 Å². The first kappa shape index (κ1) is 13.1. The van der Waals surface area contributed by atoms with E-state index in [1.807, 2.05) is 10.9 Å². The van der Waals surface area contributed by atoms with E-state index >= 15 is 0 Å². The molecule has 3 nitrogen and oxygen atoms in total. The van der Waals surface area contributed by atoms with Crippen LogP contribution in [0.2, 0.25) is 0 Å². The lowest BCUT2D eigenvalue weighted by molar-refractivity contribution is 0.522. The smallest absolute Gasteiger partial charge is 0.0762 e. The fraction of sp³-hybridized carbons (Fsp3) is 0.583. The standard InChI is InChI=1S/C12H19N3S/c1-4-8-16-9-6-13-10-12-5-7-15(14-12)11(2)3/h1,5,7,11,13H,6,8-10H2,2-3H3. The third kappa shape index (κ3) is 4.73. The summed E-state index contributed by atoms with van der Waals surface area (Å²) in [5.74, 6) is 4.46. The number of thioether (sulfide) groups is 1. The highest BCUT2D eigenvalue weighted by Crippen LogP contribution is 2.03. The summed E-state index contributed by atoms with van der Waals surface area (Å²) in [7, 11) is 0. The predicted molar refractivity (Wildman–Crippen MR) is 70.5 cm³/mol. The molecule has 0 aliphatic carbocycles. The third-order valence-corrected chi connectivity index (χ3v) is 2.97. The first-order chi connectivity index (χ1) is 7.74. The Morgan fingerprint density at radius 1 is 1.62 bits per heavy atom. The van der Waals surface area contributed by atoms with Crippen molar-refractivity contribution in [1.82, 2.24) is 15.1 Å². The Bertz CT molecular complexity index is 338. The van der Waals surface area contributed by atoms with Gasteiger partial charge < -0.3 is 5.32 Å². The van der Waals surface area contributed by atoms with Crippen LogP contribution in [0.5, 0.6) is 0 Å². The Labute approximate surface area is 102 Å². The average molecular weight is 237 g/mol. The van der Waals surface area contributed by atoms with Crippen LogP contribution >= 0.6 is 11.8 Å². The normalized spacial score (nSPS) is 10.6. The van der Waals surface area contributed by atoms with Crippen LogP contribution in [0.1, 0.15) is 25.6 Å². The number of nitrogens with zero attached hydrogens (tertiary/aromatic N) is 2. The molecule has 88 valence electrons. The summed E-state index contributed by atoms with van der Waals surface area (Å²) in [5, 5.41) is 7.81. The van der Waals surface area contributed by atoms with Gasteiger partial charge in [0.2, 0.25) is 0 Å². The fourth-order valence-corrected chi connectivity index (χ4v) is 1.80. The van der Waals surface area contributed by atoms with Gasteiger partial charge >= 0.3 is 0 Å². The van der Waals surface area contributed by atoms with E-state index in [1.165, 1.54) is 0 Å². The maximum absolute atomic E-state index is 5.16. The molecule has 0 atom stereocenters. The van der Waals surface area contributed by atoms with Crippen LogP contribution in [0.3, 0.4) is 0 Å². The molecule has 4 heteroatoms. The molecule has 16 heavy (non-hydrogen) atoms. The van der Waals surface area contributed by atoms with Crippen LogP contribution in [-0.2, 0) is 6.54 Å². The van der Waals surface area contributed by atoms with Crippen molar-refractivity contribution in [3.63, 3.8) is 0 Å². The molecule has 0 bridgehead atoms. The molecule has 0 saturated carbocycles. The molecule has 0 spiro atoms. The summed E-state index contributed by atoms with van der Waals surface area (Å²) in [6, 6.07) is 2.49. The summed E-state index contributed by atoms with van der Waals surface area (Å²) < 4.78 is 1.98. The number of terminal acetylenes is 1. The van der Waals surface area contributed by atoms with Gasteiger partial charge in [-0.05, 0) is 19.9 Å². The average Bonchev–Trinajstić information content (AvgIpc) is 2.72. The van der Waals surface area contributed by atoms with Gasteiger partial charge in [0.05, 0.1) is 11.4 Å². The summed E-state index contributed by atoms with van der Waals surface area (Å²) in [4.78, 5) is 0. The second kappa shape index (κ2) is 7.37. The molecule has 0 amide bonds. The van der Waals surface area contributed by atoms with Crippen LogP contribution in [0.4, 0.5) is 0 Å². The summed E-state index contributed by atoms with van der Waals surface area (Å²) in [6.45, 7) is 6.05. The van der Waals surface area contributed by atoms with E-state index in [9.17, 15) is 0 Å². The van der Waals surface area contributed by atoms with Crippen molar-refractivity contribution in [3.8, 4) is 12.3 Å². The van der Waals surface area contributed by atoms with E-state index < -0.39 is 0 Å². The molecule has 0 aliphatic heterocycles. The van der Waals surface area contributed by atoms with E-state index in [4.69, 9.17) is 6.42 Å². The van der Waals surface area contributed by atoms with Crippen LogP contribution in [-0.4, -0.2) is 27.8 Å². The van der Waals surface area contributed by atoms with Crippen LogP contribution in [0.15, 0.2) is 12.3 Å². The zero-order valence-electron chi connectivity index (χ0n) is 9.94. The molecule has 0 saturated heterocycles. The lowest BCUT2D eigenvalue weighted by Crippen LogP contribution is -2.17. The van der Waals surface area contributed by atoms with Gasteiger partial charge in [0, 0.05) is 31.1 Å². The SMILES string of the molecule is C#CCSCCNCc1ccn(C(C)C)n1. The lowest BCUT2D eigenvalue weighted by atomic mass is 10.4.